The molecule has 4 N–H and O–H groups in total. The predicted molar refractivity (Wildman–Crippen MR) is 87.0 cm³/mol. The minimum absolute atomic E-state index is 0.100. The molecular weight excluding hydrogens is 355 g/mol. The second kappa shape index (κ2) is 8.63. The Morgan fingerprint density at radius 2 is 1.84 bits per heavy atom. The molecule has 0 aliphatic heterocycles. The molecule has 0 unspecified atom stereocenters. The number of alkyl halides is 3. The highest BCUT2D eigenvalue weighted by Gasteiger charge is 2.28. The van der Waals surface area contributed by atoms with Crippen LogP contribution in [0.3, 0.4) is 0 Å². The van der Waals surface area contributed by atoms with Crippen LogP contribution in [0.5, 0.6) is 0 Å². The van der Waals surface area contributed by atoms with Gasteiger partial charge in [-0.05, 0) is 11.4 Å². The van der Waals surface area contributed by atoms with Crippen molar-refractivity contribution in [3.8, 4) is 0 Å². The van der Waals surface area contributed by atoms with Gasteiger partial charge in [0.05, 0.1) is 4.88 Å². The summed E-state index contributed by atoms with van der Waals surface area (Å²) in [5.41, 5.74) is 0.985. The van der Waals surface area contributed by atoms with Gasteiger partial charge in [-0.15, -0.1) is 11.3 Å². The van der Waals surface area contributed by atoms with Crippen LogP contribution in [-0.2, 0) is 4.79 Å². The molecule has 0 bridgehead atoms. The second-order valence-corrected chi connectivity index (χ2v) is 6.17. The van der Waals surface area contributed by atoms with Crippen molar-refractivity contribution in [2.45, 2.75) is 12.2 Å². The molecule has 0 saturated heterocycles. The number of imide groups is 1. The number of nitrogens with two attached hydrogens (primary N) is 1. The van der Waals surface area contributed by atoms with Crippen molar-refractivity contribution < 1.29 is 28.1 Å². The predicted octanol–water partition coefficient (Wildman–Crippen LogP) is 1.79. The number of hydrogen-bond acceptors (Lipinski definition) is 3. The lowest BCUT2D eigenvalue weighted by molar-refractivity contribution is -0.676. The molecule has 134 valence electrons. The standard InChI is InChI=1S/C16H16F3N3O2S/c17-16(18,19)10-21-15(24)22-13(23)9-20-14(12-7-4-8-25-12)11-5-2-1-3-6-11/h1-8,14,20H,9-10H2,(H2,21,22,23,24)/p+1/t14-/m0/s1. The number of carbonyl (C=O) groups excluding carboxylic acids is 2. The van der Waals surface area contributed by atoms with Crippen LogP contribution in [0.2, 0.25) is 0 Å². The number of nitrogens with one attached hydrogen (secondary N) is 2. The molecule has 1 aromatic carbocycles. The first-order valence-corrected chi connectivity index (χ1v) is 8.29. The van der Waals surface area contributed by atoms with E-state index >= 15 is 0 Å². The van der Waals surface area contributed by atoms with Crippen LogP contribution in [0, 0.1) is 0 Å². The van der Waals surface area contributed by atoms with Crippen LogP contribution >= 0.6 is 11.3 Å². The van der Waals surface area contributed by atoms with Gasteiger partial charge in [0.1, 0.15) is 12.6 Å². The fraction of sp³-hybridized carbons (Fsp3) is 0.250. The zero-order valence-corrected chi connectivity index (χ0v) is 13.9. The number of thiophene rings is 1. The van der Waals surface area contributed by atoms with Crippen LogP contribution in [0.4, 0.5) is 18.0 Å². The lowest BCUT2D eigenvalue weighted by Crippen LogP contribution is -2.87. The molecule has 0 spiro atoms. The van der Waals surface area contributed by atoms with Gasteiger partial charge in [0, 0.05) is 5.56 Å². The maximum atomic E-state index is 12.0. The largest absolute Gasteiger partial charge is 0.405 e. The Hall–Kier alpha value is -2.39. The Labute approximate surface area is 146 Å². The third-order valence-corrected chi connectivity index (χ3v) is 4.21. The van der Waals surface area contributed by atoms with E-state index in [2.05, 4.69) is 0 Å². The van der Waals surface area contributed by atoms with Gasteiger partial charge in [-0.1, -0.05) is 36.4 Å². The molecule has 0 saturated carbocycles. The Morgan fingerprint density at radius 3 is 2.44 bits per heavy atom. The topological polar surface area (TPSA) is 74.8 Å². The summed E-state index contributed by atoms with van der Waals surface area (Å²) >= 11 is 1.54. The van der Waals surface area contributed by atoms with E-state index in [9.17, 15) is 22.8 Å². The molecule has 1 heterocycles. The third-order valence-electron chi connectivity index (χ3n) is 3.25. The van der Waals surface area contributed by atoms with E-state index in [0.717, 1.165) is 10.4 Å². The van der Waals surface area contributed by atoms with Gasteiger partial charge >= 0.3 is 12.2 Å². The summed E-state index contributed by atoms with van der Waals surface area (Å²) in [6, 6.07) is 12.0. The summed E-state index contributed by atoms with van der Waals surface area (Å²) in [5.74, 6) is -0.669. The molecule has 0 fully saturated rings. The number of quaternary nitrogens is 1. The third kappa shape index (κ3) is 6.55. The molecule has 0 radical (unpaired) electrons. The number of halogens is 3. The first-order valence-electron chi connectivity index (χ1n) is 7.41. The van der Waals surface area contributed by atoms with Gasteiger partial charge in [-0.3, -0.25) is 10.1 Å². The smallest absolute Gasteiger partial charge is 0.329 e. The number of amides is 3. The van der Waals surface area contributed by atoms with Crippen molar-refractivity contribution >= 4 is 23.3 Å². The molecule has 1 aromatic heterocycles. The van der Waals surface area contributed by atoms with E-state index in [0.29, 0.717) is 0 Å². The van der Waals surface area contributed by atoms with Crippen LogP contribution in [0.15, 0.2) is 47.8 Å². The Balaban J connectivity index is 1.90. The molecule has 25 heavy (non-hydrogen) atoms. The van der Waals surface area contributed by atoms with Gasteiger partial charge in [-0.2, -0.15) is 13.2 Å². The van der Waals surface area contributed by atoms with Crippen molar-refractivity contribution in [1.82, 2.24) is 10.6 Å². The van der Waals surface area contributed by atoms with Crippen LogP contribution in [0.1, 0.15) is 16.5 Å². The SMILES string of the molecule is O=C(C[NH2+][C@@H](c1ccccc1)c1cccs1)NC(=O)NCC(F)(F)F. The molecule has 3 amide bonds. The normalized spacial score (nSPS) is 12.4. The van der Waals surface area contributed by atoms with Crippen molar-refractivity contribution in [3.05, 3.63) is 58.3 Å². The average molecular weight is 372 g/mol. The van der Waals surface area contributed by atoms with Crippen LogP contribution in [0.25, 0.3) is 0 Å². The number of carbonyl (C=O) groups is 2. The van der Waals surface area contributed by atoms with E-state index in [4.69, 9.17) is 0 Å². The van der Waals surface area contributed by atoms with E-state index in [1.165, 1.54) is 11.3 Å². The van der Waals surface area contributed by atoms with Crippen molar-refractivity contribution in [1.29, 1.82) is 0 Å². The molecule has 5 nitrogen and oxygen atoms in total. The highest BCUT2D eigenvalue weighted by molar-refractivity contribution is 7.10. The minimum atomic E-state index is -4.52. The average Bonchev–Trinajstić information content (AvgIpc) is 3.08. The highest BCUT2D eigenvalue weighted by atomic mass is 32.1. The van der Waals surface area contributed by atoms with Gasteiger partial charge < -0.3 is 10.6 Å². The fourth-order valence-corrected chi connectivity index (χ4v) is 3.02. The zero-order valence-electron chi connectivity index (χ0n) is 13.0. The van der Waals surface area contributed by atoms with E-state index in [-0.39, 0.29) is 12.6 Å². The van der Waals surface area contributed by atoms with Gasteiger partial charge in [0.2, 0.25) is 0 Å². The Bertz CT molecular complexity index is 690. The second-order valence-electron chi connectivity index (χ2n) is 5.19. The summed E-state index contributed by atoms with van der Waals surface area (Å²) in [6.07, 6.45) is -4.52. The Morgan fingerprint density at radius 1 is 1.12 bits per heavy atom. The van der Waals surface area contributed by atoms with Gasteiger partial charge in [-0.25, -0.2) is 4.79 Å². The maximum Gasteiger partial charge on any atom is 0.405 e. The molecular formula is C16H17F3N3O2S+. The summed E-state index contributed by atoms with van der Waals surface area (Å²) in [7, 11) is 0. The fourth-order valence-electron chi connectivity index (χ4n) is 2.17. The van der Waals surface area contributed by atoms with Crippen molar-refractivity contribution in [2.75, 3.05) is 13.1 Å². The molecule has 0 aliphatic rings. The van der Waals surface area contributed by atoms with Gasteiger partial charge in [0.15, 0.2) is 6.54 Å². The lowest BCUT2D eigenvalue weighted by atomic mass is 10.1. The van der Waals surface area contributed by atoms with Crippen LogP contribution in [-0.4, -0.2) is 31.2 Å². The lowest BCUT2D eigenvalue weighted by Gasteiger charge is -2.14. The summed E-state index contributed by atoms with van der Waals surface area (Å²) < 4.78 is 36.1. The van der Waals surface area contributed by atoms with Crippen molar-refractivity contribution in [2.24, 2.45) is 0 Å². The number of hydrogen-bond donors (Lipinski definition) is 3. The first-order chi connectivity index (χ1) is 11.8. The van der Waals surface area contributed by atoms with Gasteiger partial charge in [0.25, 0.3) is 5.91 Å². The van der Waals surface area contributed by atoms with E-state index < -0.39 is 24.7 Å². The number of benzene rings is 1. The zero-order chi connectivity index (χ0) is 18.3. The molecule has 1 atom stereocenters. The maximum absolute atomic E-state index is 12.0. The van der Waals surface area contributed by atoms with Crippen molar-refractivity contribution in [3.63, 3.8) is 0 Å². The molecule has 2 aromatic rings. The number of rotatable bonds is 6. The molecule has 2 rings (SSSR count). The molecule has 9 heteroatoms. The Kier molecular flexibility index (Phi) is 6.54. The quantitative estimate of drug-likeness (QED) is 0.723. The molecule has 0 aliphatic carbocycles. The van der Waals surface area contributed by atoms with Crippen LogP contribution < -0.4 is 16.0 Å². The monoisotopic (exact) mass is 372 g/mol. The number of urea groups is 1. The van der Waals surface area contributed by atoms with E-state index in [1.807, 2.05) is 53.2 Å². The summed E-state index contributed by atoms with van der Waals surface area (Å²) in [4.78, 5) is 24.1. The minimum Gasteiger partial charge on any atom is -0.329 e. The highest BCUT2D eigenvalue weighted by Crippen LogP contribution is 2.22. The summed E-state index contributed by atoms with van der Waals surface area (Å²) in [6.45, 7) is -1.59. The summed E-state index contributed by atoms with van der Waals surface area (Å²) in [5, 5.41) is 7.13. The first kappa shape index (κ1) is 18.9. The van der Waals surface area contributed by atoms with E-state index in [1.54, 1.807) is 10.6 Å².